The smallest absolute Gasteiger partial charge is 0.237 e. The van der Waals surface area contributed by atoms with Gasteiger partial charge in [0.15, 0.2) is 11.5 Å². The first kappa shape index (κ1) is 19.7. The van der Waals surface area contributed by atoms with Crippen LogP contribution in [0.3, 0.4) is 0 Å². The van der Waals surface area contributed by atoms with Crippen LogP contribution in [0.15, 0.2) is 48.5 Å². The maximum Gasteiger partial charge on any atom is 0.237 e. The molecule has 6 heteroatoms. The molecule has 0 spiro atoms. The summed E-state index contributed by atoms with van der Waals surface area (Å²) in [4.78, 5) is 17.2. The quantitative estimate of drug-likeness (QED) is 0.780. The molecule has 2 aromatic rings. The second-order valence-corrected chi connectivity index (χ2v) is 7.70. The Morgan fingerprint density at radius 2 is 1.76 bits per heavy atom. The minimum absolute atomic E-state index is 0.0986. The second kappa shape index (κ2) is 9.29. The molecule has 1 N–H and O–H groups in total. The van der Waals surface area contributed by atoms with Crippen molar-refractivity contribution >= 4 is 5.91 Å². The van der Waals surface area contributed by atoms with Gasteiger partial charge in [-0.05, 0) is 36.6 Å². The number of benzene rings is 2. The van der Waals surface area contributed by atoms with Crippen molar-refractivity contribution in [2.24, 2.45) is 0 Å². The molecule has 2 aromatic carbocycles. The molecule has 0 radical (unpaired) electrons. The highest BCUT2D eigenvalue weighted by atomic mass is 16.7. The Hall–Kier alpha value is -2.57. The van der Waals surface area contributed by atoms with Crippen LogP contribution >= 0.6 is 0 Å². The van der Waals surface area contributed by atoms with Crippen LogP contribution in [0.25, 0.3) is 0 Å². The van der Waals surface area contributed by atoms with Gasteiger partial charge >= 0.3 is 0 Å². The number of ether oxygens (including phenoxy) is 2. The first-order valence-corrected chi connectivity index (χ1v) is 10.4. The fourth-order valence-corrected chi connectivity index (χ4v) is 3.89. The molecular weight excluding hydrogens is 366 g/mol. The zero-order valence-electron chi connectivity index (χ0n) is 17.0. The van der Waals surface area contributed by atoms with Crippen molar-refractivity contribution in [3.8, 4) is 11.5 Å². The van der Waals surface area contributed by atoms with Crippen LogP contribution in [-0.2, 0) is 17.8 Å². The van der Waals surface area contributed by atoms with E-state index in [2.05, 4.69) is 39.4 Å². The second-order valence-electron chi connectivity index (χ2n) is 7.70. The molecule has 0 saturated carbocycles. The monoisotopic (exact) mass is 395 g/mol. The Kier molecular flexibility index (Phi) is 6.32. The molecule has 1 amide bonds. The highest BCUT2D eigenvalue weighted by Crippen LogP contribution is 2.32. The average Bonchev–Trinajstić information content (AvgIpc) is 3.22. The minimum atomic E-state index is -0.0986. The molecule has 4 rings (SSSR count). The lowest BCUT2D eigenvalue weighted by atomic mass is 10.1. The molecule has 1 fully saturated rings. The third-order valence-electron chi connectivity index (χ3n) is 5.73. The van der Waals surface area contributed by atoms with E-state index in [1.165, 1.54) is 11.1 Å². The lowest BCUT2D eigenvalue weighted by Gasteiger charge is -2.37. The van der Waals surface area contributed by atoms with Crippen LogP contribution in [0.1, 0.15) is 18.1 Å². The Morgan fingerprint density at radius 3 is 2.55 bits per heavy atom. The Balaban J connectivity index is 1.20. The molecule has 0 aromatic heterocycles. The van der Waals surface area contributed by atoms with Gasteiger partial charge in [-0.25, -0.2) is 0 Å². The van der Waals surface area contributed by atoms with Crippen LogP contribution in [0.5, 0.6) is 11.5 Å². The lowest BCUT2D eigenvalue weighted by Crippen LogP contribution is -2.53. The van der Waals surface area contributed by atoms with Gasteiger partial charge in [-0.3, -0.25) is 14.6 Å². The first-order valence-electron chi connectivity index (χ1n) is 10.4. The van der Waals surface area contributed by atoms with Crippen molar-refractivity contribution < 1.29 is 14.3 Å². The molecule has 0 unspecified atom stereocenters. The van der Waals surface area contributed by atoms with Crippen molar-refractivity contribution in [3.63, 3.8) is 0 Å². The van der Waals surface area contributed by atoms with Crippen molar-refractivity contribution in [2.75, 3.05) is 39.5 Å². The predicted octanol–water partition coefficient (Wildman–Crippen LogP) is 2.28. The van der Waals surface area contributed by atoms with Crippen LogP contribution in [0.2, 0.25) is 0 Å². The summed E-state index contributed by atoms with van der Waals surface area (Å²) in [5, 5.41) is 3.08. The van der Waals surface area contributed by atoms with E-state index in [0.29, 0.717) is 13.3 Å². The number of carbonyl (C=O) groups is 1. The van der Waals surface area contributed by atoms with E-state index in [-0.39, 0.29) is 11.9 Å². The first-order chi connectivity index (χ1) is 14.2. The molecule has 0 bridgehead atoms. The summed E-state index contributed by atoms with van der Waals surface area (Å²) in [7, 11) is 0. The minimum Gasteiger partial charge on any atom is -0.454 e. The Bertz CT molecular complexity index is 819. The number of rotatable bonds is 7. The topological polar surface area (TPSA) is 54.0 Å². The summed E-state index contributed by atoms with van der Waals surface area (Å²) in [5.41, 5.74) is 2.48. The summed E-state index contributed by atoms with van der Waals surface area (Å²) in [5.74, 6) is 1.78. The highest BCUT2D eigenvalue weighted by Gasteiger charge is 2.25. The maximum absolute atomic E-state index is 12.5. The predicted molar refractivity (Wildman–Crippen MR) is 112 cm³/mol. The molecule has 2 aliphatic rings. The SMILES string of the molecule is C[C@H](C(=O)NCCc1ccccc1)N1CCN(Cc2ccc3c(c2)OCO3)CC1. The largest absolute Gasteiger partial charge is 0.454 e. The van der Waals surface area contributed by atoms with Gasteiger partial charge in [-0.15, -0.1) is 0 Å². The van der Waals surface area contributed by atoms with Crippen molar-refractivity contribution in [3.05, 3.63) is 59.7 Å². The fraction of sp³-hybridized carbons (Fsp3) is 0.435. The third kappa shape index (κ3) is 5.08. The van der Waals surface area contributed by atoms with E-state index in [1.54, 1.807) is 0 Å². The lowest BCUT2D eigenvalue weighted by molar-refractivity contribution is -0.126. The zero-order chi connectivity index (χ0) is 20.1. The van der Waals surface area contributed by atoms with Crippen LogP contribution in [0.4, 0.5) is 0 Å². The summed E-state index contributed by atoms with van der Waals surface area (Å²) in [6.45, 7) is 7.59. The summed E-state index contributed by atoms with van der Waals surface area (Å²) in [6.07, 6.45) is 0.864. The summed E-state index contributed by atoms with van der Waals surface area (Å²) in [6, 6.07) is 16.3. The Labute approximate surface area is 172 Å². The van der Waals surface area contributed by atoms with Gasteiger partial charge in [0.1, 0.15) is 0 Å². The number of carbonyl (C=O) groups excluding carboxylic acids is 1. The molecule has 1 atom stereocenters. The van der Waals surface area contributed by atoms with E-state index in [0.717, 1.165) is 50.6 Å². The van der Waals surface area contributed by atoms with Gasteiger partial charge in [0.2, 0.25) is 12.7 Å². The third-order valence-corrected chi connectivity index (χ3v) is 5.73. The number of hydrogen-bond donors (Lipinski definition) is 1. The van der Waals surface area contributed by atoms with E-state index < -0.39 is 0 Å². The number of piperazine rings is 1. The molecule has 29 heavy (non-hydrogen) atoms. The molecule has 6 nitrogen and oxygen atoms in total. The molecule has 2 heterocycles. The van der Waals surface area contributed by atoms with E-state index in [9.17, 15) is 4.79 Å². The van der Waals surface area contributed by atoms with Gasteiger partial charge in [-0.1, -0.05) is 36.4 Å². The van der Waals surface area contributed by atoms with Crippen LogP contribution in [-0.4, -0.2) is 61.3 Å². The van der Waals surface area contributed by atoms with Gasteiger partial charge < -0.3 is 14.8 Å². The van der Waals surface area contributed by atoms with E-state index in [1.807, 2.05) is 31.2 Å². The molecule has 1 saturated heterocycles. The van der Waals surface area contributed by atoms with Crippen molar-refractivity contribution in [1.82, 2.24) is 15.1 Å². The van der Waals surface area contributed by atoms with Gasteiger partial charge in [0, 0.05) is 39.3 Å². The van der Waals surface area contributed by atoms with Gasteiger partial charge in [0.25, 0.3) is 0 Å². The number of fused-ring (bicyclic) bond motifs is 1. The normalized spacial score (nSPS) is 17.8. The van der Waals surface area contributed by atoms with Crippen molar-refractivity contribution in [1.29, 1.82) is 0 Å². The highest BCUT2D eigenvalue weighted by molar-refractivity contribution is 5.81. The van der Waals surface area contributed by atoms with Crippen molar-refractivity contribution in [2.45, 2.75) is 25.9 Å². The number of hydrogen-bond acceptors (Lipinski definition) is 5. The van der Waals surface area contributed by atoms with E-state index in [4.69, 9.17) is 9.47 Å². The number of nitrogens with one attached hydrogen (secondary N) is 1. The average molecular weight is 396 g/mol. The van der Waals surface area contributed by atoms with Crippen LogP contribution < -0.4 is 14.8 Å². The Morgan fingerprint density at radius 1 is 1.00 bits per heavy atom. The molecule has 2 aliphatic heterocycles. The van der Waals surface area contributed by atoms with Gasteiger partial charge in [-0.2, -0.15) is 0 Å². The fourth-order valence-electron chi connectivity index (χ4n) is 3.89. The standard InChI is InChI=1S/C23H29N3O3/c1-18(23(27)24-10-9-19-5-3-2-4-6-19)26-13-11-25(12-14-26)16-20-7-8-21-22(15-20)29-17-28-21/h2-8,15,18H,9-14,16-17H2,1H3,(H,24,27)/t18-/m1/s1. The summed E-state index contributed by atoms with van der Waals surface area (Å²) >= 11 is 0. The molecular formula is C23H29N3O3. The maximum atomic E-state index is 12.5. The zero-order valence-corrected chi connectivity index (χ0v) is 17.0. The number of nitrogens with zero attached hydrogens (tertiary/aromatic N) is 2. The number of amides is 1. The van der Waals surface area contributed by atoms with Gasteiger partial charge in [0.05, 0.1) is 6.04 Å². The van der Waals surface area contributed by atoms with E-state index >= 15 is 0 Å². The summed E-state index contributed by atoms with van der Waals surface area (Å²) < 4.78 is 10.8. The molecule has 0 aliphatic carbocycles. The van der Waals surface area contributed by atoms with Crippen LogP contribution in [0, 0.1) is 0 Å². The molecule has 154 valence electrons.